The van der Waals surface area contributed by atoms with E-state index >= 15 is 0 Å². The van der Waals surface area contributed by atoms with Crippen LogP contribution in [-0.4, -0.2) is 58.6 Å². The molecule has 2 fully saturated rings. The van der Waals surface area contributed by atoms with Crippen molar-refractivity contribution in [3.8, 4) is 11.5 Å². The molecule has 2 saturated heterocycles. The van der Waals surface area contributed by atoms with E-state index in [4.69, 9.17) is 9.40 Å². The molecule has 3 aromatic rings. The predicted octanol–water partition coefficient (Wildman–Crippen LogP) is 2.60. The third-order valence-electron chi connectivity index (χ3n) is 5.79. The van der Waals surface area contributed by atoms with Crippen LogP contribution in [0, 0.1) is 6.92 Å². The van der Waals surface area contributed by atoms with Crippen LogP contribution in [-0.2, 0) is 9.84 Å². The minimum absolute atomic E-state index is 0.0376. The number of nitrogens with zero attached hydrogens (tertiary/aromatic N) is 4. The van der Waals surface area contributed by atoms with Gasteiger partial charge in [-0.05, 0) is 44.4 Å². The van der Waals surface area contributed by atoms with Gasteiger partial charge in [0.25, 0.3) is 5.91 Å². The molecular formula is C20H22N4O4S. The maximum absolute atomic E-state index is 13.3. The van der Waals surface area contributed by atoms with Crippen LogP contribution in [0.5, 0.6) is 0 Å². The third kappa shape index (κ3) is 3.13. The summed E-state index contributed by atoms with van der Waals surface area (Å²) in [4.78, 5) is 19.9. The van der Waals surface area contributed by atoms with Crippen LogP contribution in [0.1, 0.15) is 41.4 Å². The molecule has 0 saturated carbocycles. The Morgan fingerprint density at radius 2 is 2.07 bits per heavy atom. The van der Waals surface area contributed by atoms with Gasteiger partial charge in [0.05, 0.1) is 40.5 Å². The maximum atomic E-state index is 13.3. The van der Waals surface area contributed by atoms with Crippen molar-refractivity contribution in [1.29, 1.82) is 0 Å². The number of pyridine rings is 1. The Morgan fingerprint density at radius 1 is 1.28 bits per heavy atom. The zero-order valence-corrected chi connectivity index (χ0v) is 17.0. The first-order valence-electron chi connectivity index (χ1n) is 9.86. The van der Waals surface area contributed by atoms with Gasteiger partial charge in [-0.25, -0.2) is 18.1 Å². The molecule has 3 aromatic heterocycles. The van der Waals surface area contributed by atoms with E-state index < -0.39 is 9.84 Å². The van der Waals surface area contributed by atoms with Gasteiger partial charge in [-0.1, -0.05) is 0 Å². The summed E-state index contributed by atoms with van der Waals surface area (Å²) in [7, 11) is -3.08. The van der Waals surface area contributed by atoms with Gasteiger partial charge in [0.2, 0.25) is 0 Å². The lowest BCUT2D eigenvalue weighted by molar-refractivity contribution is 0.0794. The lowest BCUT2D eigenvalue weighted by atomic mass is 10.1. The fourth-order valence-corrected chi connectivity index (χ4v) is 6.04. The molecule has 0 radical (unpaired) electrons. The molecule has 2 aliphatic heterocycles. The first kappa shape index (κ1) is 18.4. The molecule has 152 valence electrons. The second kappa shape index (κ2) is 6.69. The van der Waals surface area contributed by atoms with Crippen LogP contribution in [0.2, 0.25) is 0 Å². The summed E-state index contributed by atoms with van der Waals surface area (Å²) in [6, 6.07) is 5.07. The highest BCUT2D eigenvalue weighted by atomic mass is 32.2. The van der Waals surface area contributed by atoms with E-state index in [1.807, 2.05) is 11.8 Å². The molecule has 5 rings (SSSR count). The first-order chi connectivity index (χ1) is 13.9. The minimum Gasteiger partial charge on any atom is -0.463 e. The van der Waals surface area contributed by atoms with E-state index in [0.717, 1.165) is 25.9 Å². The zero-order valence-electron chi connectivity index (χ0n) is 16.2. The number of aryl methyl sites for hydroxylation is 1. The fourth-order valence-electron chi connectivity index (χ4n) is 4.35. The van der Waals surface area contributed by atoms with Gasteiger partial charge in [-0.2, -0.15) is 5.10 Å². The van der Waals surface area contributed by atoms with Crippen LogP contribution in [0.15, 0.2) is 28.9 Å². The molecule has 2 aliphatic rings. The van der Waals surface area contributed by atoms with Gasteiger partial charge < -0.3 is 9.32 Å². The molecular weight excluding hydrogens is 392 g/mol. The summed E-state index contributed by atoms with van der Waals surface area (Å²) in [5, 5.41) is 5.31. The van der Waals surface area contributed by atoms with Crippen LogP contribution in [0.25, 0.3) is 22.5 Å². The number of sulfone groups is 1. The average molecular weight is 414 g/mol. The van der Waals surface area contributed by atoms with Crippen molar-refractivity contribution in [2.75, 3.05) is 24.6 Å². The highest BCUT2D eigenvalue weighted by molar-refractivity contribution is 7.91. The van der Waals surface area contributed by atoms with Crippen LogP contribution < -0.4 is 0 Å². The Balaban J connectivity index is 1.71. The molecule has 0 aliphatic carbocycles. The number of amides is 1. The zero-order chi connectivity index (χ0) is 20.2. The minimum atomic E-state index is -3.08. The topological polar surface area (TPSA) is 98.3 Å². The largest absolute Gasteiger partial charge is 0.463 e. The number of furan rings is 1. The molecule has 9 heteroatoms. The number of hydrogen-bond donors (Lipinski definition) is 0. The Kier molecular flexibility index (Phi) is 4.23. The molecule has 8 nitrogen and oxygen atoms in total. The Hall–Kier alpha value is -2.68. The van der Waals surface area contributed by atoms with Crippen molar-refractivity contribution in [2.24, 2.45) is 0 Å². The molecule has 1 amide bonds. The number of aromatic nitrogens is 3. The summed E-state index contributed by atoms with van der Waals surface area (Å²) in [6.45, 7) is 3.33. The maximum Gasteiger partial charge on any atom is 0.254 e. The average Bonchev–Trinajstić information content (AvgIpc) is 3.48. The van der Waals surface area contributed by atoms with Crippen molar-refractivity contribution in [3.05, 3.63) is 35.7 Å². The van der Waals surface area contributed by atoms with Crippen molar-refractivity contribution < 1.29 is 17.6 Å². The van der Waals surface area contributed by atoms with Crippen LogP contribution >= 0.6 is 0 Å². The highest BCUT2D eigenvalue weighted by Gasteiger charge is 2.33. The number of carbonyl (C=O) groups excluding carboxylic acids is 1. The number of fused-ring (bicyclic) bond motifs is 1. The van der Waals surface area contributed by atoms with E-state index in [0.29, 0.717) is 40.2 Å². The van der Waals surface area contributed by atoms with E-state index in [-0.39, 0.29) is 23.5 Å². The summed E-state index contributed by atoms with van der Waals surface area (Å²) in [5.74, 6) is 0.720. The lowest BCUT2D eigenvalue weighted by Crippen LogP contribution is -2.28. The van der Waals surface area contributed by atoms with Gasteiger partial charge >= 0.3 is 0 Å². The molecule has 29 heavy (non-hydrogen) atoms. The Morgan fingerprint density at radius 3 is 2.72 bits per heavy atom. The van der Waals surface area contributed by atoms with E-state index in [9.17, 15) is 13.2 Å². The normalized spacial score (nSPS) is 21.3. The van der Waals surface area contributed by atoms with Gasteiger partial charge in [-0.15, -0.1) is 0 Å². The summed E-state index contributed by atoms with van der Waals surface area (Å²) >= 11 is 0. The Labute approximate surface area is 168 Å². The predicted molar refractivity (Wildman–Crippen MR) is 107 cm³/mol. The quantitative estimate of drug-likeness (QED) is 0.653. The van der Waals surface area contributed by atoms with Gasteiger partial charge in [0.15, 0.2) is 21.2 Å². The molecule has 0 bridgehead atoms. The van der Waals surface area contributed by atoms with Crippen molar-refractivity contribution in [2.45, 2.75) is 32.2 Å². The van der Waals surface area contributed by atoms with Crippen LogP contribution in [0.3, 0.4) is 0 Å². The Bertz CT molecular complexity index is 1190. The number of rotatable bonds is 3. The fraction of sp³-hybridized carbons (Fsp3) is 0.450. The number of carbonyl (C=O) groups is 1. The second-order valence-corrected chi connectivity index (χ2v) is 10.0. The van der Waals surface area contributed by atoms with E-state index in [2.05, 4.69) is 5.10 Å². The van der Waals surface area contributed by atoms with E-state index in [1.54, 1.807) is 29.1 Å². The number of likely N-dealkylation sites (tertiary alicyclic amines) is 1. The summed E-state index contributed by atoms with van der Waals surface area (Å²) < 4.78 is 31.3. The number of hydrogen-bond acceptors (Lipinski definition) is 6. The van der Waals surface area contributed by atoms with Crippen molar-refractivity contribution in [1.82, 2.24) is 19.7 Å². The van der Waals surface area contributed by atoms with Crippen molar-refractivity contribution >= 4 is 26.8 Å². The van der Waals surface area contributed by atoms with Gasteiger partial charge in [-0.3, -0.25) is 4.79 Å². The van der Waals surface area contributed by atoms with E-state index in [1.165, 1.54) is 0 Å². The second-order valence-electron chi connectivity index (χ2n) is 7.82. The molecule has 5 heterocycles. The molecule has 1 unspecified atom stereocenters. The highest BCUT2D eigenvalue weighted by Crippen LogP contribution is 2.33. The summed E-state index contributed by atoms with van der Waals surface area (Å²) in [5.41, 5.74) is 2.33. The first-order valence-corrected chi connectivity index (χ1v) is 11.7. The van der Waals surface area contributed by atoms with Gasteiger partial charge in [0, 0.05) is 13.1 Å². The lowest BCUT2D eigenvalue weighted by Gasteiger charge is -2.17. The smallest absolute Gasteiger partial charge is 0.254 e. The van der Waals surface area contributed by atoms with Crippen molar-refractivity contribution in [3.63, 3.8) is 0 Å². The molecule has 1 atom stereocenters. The molecule has 0 spiro atoms. The monoisotopic (exact) mass is 414 g/mol. The molecule has 0 aromatic carbocycles. The van der Waals surface area contributed by atoms with Crippen LogP contribution in [0.4, 0.5) is 0 Å². The third-order valence-corrected chi connectivity index (χ3v) is 7.54. The van der Waals surface area contributed by atoms with Gasteiger partial charge in [0.1, 0.15) is 5.69 Å². The molecule has 0 N–H and O–H groups in total. The summed E-state index contributed by atoms with van der Waals surface area (Å²) in [6.07, 6.45) is 4.07. The SMILES string of the molecule is Cc1nn(C2CCS(=O)(=O)C2)c2nc(-c3ccco3)cc(C(=O)N3CCCC3)c12. The standard InChI is InChI=1S/C20H22N4O4S/c1-13-18-15(20(25)23-7-2-3-8-23)11-16(17-5-4-9-28-17)21-19(18)24(22-13)14-6-10-29(26,27)12-14/h4-5,9,11,14H,2-3,6-8,10,12H2,1H3.